The first kappa shape index (κ1) is 26.7. The van der Waals surface area contributed by atoms with Gasteiger partial charge in [-0.2, -0.15) is 17.6 Å². The zero-order chi connectivity index (χ0) is 22.4. The maximum atomic E-state index is 14.6. The summed E-state index contributed by atoms with van der Waals surface area (Å²) in [6.07, 6.45) is 0. The number of rotatable bonds is 11. The average molecular weight is 413 g/mol. The minimum absolute atomic E-state index is 0.0847. The van der Waals surface area contributed by atoms with Gasteiger partial charge in [-0.3, -0.25) is 9.59 Å². The number of carbonyl (C=O) groups is 2. The van der Waals surface area contributed by atoms with Gasteiger partial charge in [0, 0.05) is 26.2 Å². The molecule has 0 aliphatic rings. The van der Waals surface area contributed by atoms with Crippen LogP contribution in [0.2, 0.25) is 0 Å². The molecule has 0 N–H and O–H groups in total. The van der Waals surface area contributed by atoms with Crippen LogP contribution >= 0.6 is 0 Å². The molecular formula is C20H36F4N2O2. The third kappa shape index (κ3) is 7.24. The van der Waals surface area contributed by atoms with E-state index in [1.165, 1.54) is 0 Å². The molecule has 0 aliphatic heterocycles. The Balaban J connectivity index is 5.82. The first-order valence-electron chi connectivity index (χ1n) is 9.88. The molecule has 0 aromatic rings. The predicted octanol–water partition coefficient (Wildman–Crippen LogP) is 4.54. The zero-order valence-corrected chi connectivity index (χ0v) is 18.4. The second-order valence-electron chi connectivity index (χ2n) is 9.14. The first-order valence-corrected chi connectivity index (χ1v) is 9.88. The van der Waals surface area contributed by atoms with Gasteiger partial charge in [-0.1, -0.05) is 55.4 Å². The van der Waals surface area contributed by atoms with Gasteiger partial charge in [0.25, 0.3) is 11.8 Å². The van der Waals surface area contributed by atoms with Crippen molar-refractivity contribution in [2.75, 3.05) is 26.2 Å². The molecular weight excluding hydrogens is 376 g/mol. The van der Waals surface area contributed by atoms with Gasteiger partial charge >= 0.3 is 11.8 Å². The second kappa shape index (κ2) is 10.4. The molecule has 0 saturated heterocycles. The van der Waals surface area contributed by atoms with E-state index in [2.05, 4.69) is 0 Å². The van der Waals surface area contributed by atoms with Crippen LogP contribution < -0.4 is 0 Å². The molecule has 4 nitrogen and oxygen atoms in total. The number of hydrogen-bond donors (Lipinski definition) is 0. The van der Waals surface area contributed by atoms with Crippen LogP contribution in [0.25, 0.3) is 0 Å². The van der Waals surface area contributed by atoms with Gasteiger partial charge in [-0.05, 0) is 23.7 Å². The molecule has 166 valence electrons. The van der Waals surface area contributed by atoms with E-state index in [-0.39, 0.29) is 49.9 Å². The molecule has 0 atom stereocenters. The molecule has 0 aliphatic carbocycles. The Bertz CT molecular complexity index is 454. The van der Waals surface area contributed by atoms with Crippen molar-refractivity contribution in [2.24, 2.45) is 23.7 Å². The van der Waals surface area contributed by atoms with Crippen molar-refractivity contribution < 1.29 is 27.2 Å². The van der Waals surface area contributed by atoms with Gasteiger partial charge in [0.2, 0.25) is 0 Å². The Morgan fingerprint density at radius 1 is 0.571 bits per heavy atom. The number of amides is 2. The summed E-state index contributed by atoms with van der Waals surface area (Å²) < 4.78 is 58.6. The summed E-state index contributed by atoms with van der Waals surface area (Å²) in [5, 5.41) is 0. The minimum atomic E-state index is -5.11. The van der Waals surface area contributed by atoms with Crippen LogP contribution in [0.5, 0.6) is 0 Å². The van der Waals surface area contributed by atoms with Gasteiger partial charge in [0.15, 0.2) is 0 Å². The van der Waals surface area contributed by atoms with E-state index in [0.29, 0.717) is 0 Å². The molecule has 0 radical (unpaired) electrons. The van der Waals surface area contributed by atoms with E-state index in [0.717, 1.165) is 9.80 Å². The lowest BCUT2D eigenvalue weighted by Gasteiger charge is -2.35. The largest absolute Gasteiger partial charge is 0.395 e. The fourth-order valence-corrected chi connectivity index (χ4v) is 2.91. The Morgan fingerprint density at radius 2 is 0.750 bits per heavy atom. The molecule has 0 spiro atoms. The number of nitrogens with zero attached hydrogens (tertiary/aromatic N) is 2. The normalized spacial score (nSPS) is 13.0. The Labute approximate surface area is 166 Å². The van der Waals surface area contributed by atoms with Crippen molar-refractivity contribution in [1.82, 2.24) is 9.80 Å². The van der Waals surface area contributed by atoms with Crippen LogP contribution in [0.4, 0.5) is 17.6 Å². The standard InChI is InChI=1S/C20H36F4N2O2/c1-13(2)9-25(10-14(3)4)17(27)19(21,22)20(23,24)18(28)26(11-15(5)6)12-16(7)8/h13-16H,9-12H2,1-8H3. The Hall–Kier alpha value is -1.34. The molecule has 2 amide bonds. The number of alkyl halides is 4. The number of halogens is 4. The smallest absolute Gasteiger partial charge is 0.337 e. The Morgan fingerprint density at radius 3 is 0.893 bits per heavy atom. The van der Waals surface area contributed by atoms with E-state index in [1.807, 2.05) is 0 Å². The fourth-order valence-electron chi connectivity index (χ4n) is 2.91. The van der Waals surface area contributed by atoms with Crippen LogP contribution in [-0.4, -0.2) is 59.6 Å². The summed E-state index contributed by atoms with van der Waals surface area (Å²) in [4.78, 5) is 26.2. The highest BCUT2D eigenvalue weighted by Crippen LogP contribution is 2.38. The molecule has 8 heteroatoms. The monoisotopic (exact) mass is 412 g/mol. The van der Waals surface area contributed by atoms with Crippen LogP contribution in [0.1, 0.15) is 55.4 Å². The zero-order valence-electron chi connectivity index (χ0n) is 18.4. The van der Waals surface area contributed by atoms with Crippen LogP contribution in [0.15, 0.2) is 0 Å². The third-order valence-corrected chi connectivity index (χ3v) is 3.85. The third-order valence-electron chi connectivity index (χ3n) is 3.85. The number of carbonyl (C=O) groups excluding carboxylic acids is 2. The van der Waals surface area contributed by atoms with Gasteiger partial charge in [0.05, 0.1) is 0 Å². The summed E-state index contributed by atoms with van der Waals surface area (Å²) >= 11 is 0. The molecule has 28 heavy (non-hydrogen) atoms. The predicted molar refractivity (Wildman–Crippen MR) is 102 cm³/mol. The first-order chi connectivity index (χ1) is 12.5. The average Bonchev–Trinajstić information content (AvgIpc) is 2.49. The summed E-state index contributed by atoms with van der Waals surface area (Å²) in [6.45, 7) is 13.3. The SMILES string of the molecule is CC(C)CN(CC(C)C)C(=O)C(F)(F)C(F)(F)C(=O)N(CC(C)C)CC(C)C. The van der Waals surface area contributed by atoms with Crippen molar-refractivity contribution >= 4 is 11.8 Å². The molecule has 0 rings (SSSR count). The van der Waals surface area contributed by atoms with Gasteiger partial charge < -0.3 is 9.80 Å². The maximum absolute atomic E-state index is 14.6. The quantitative estimate of drug-likeness (QED) is 0.468. The highest BCUT2D eigenvalue weighted by atomic mass is 19.3. The van der Waals surface area contributed by atoms with Crippen LogP contribution in [0.3, 0.4) is 0 Å². The van der Waals surface area contributed by atoms with Gasteiger partial charge in [0.1, 0.15) is 0 Å². The van der Waals surface area contributed by atoms with Crippen molar-refractivity contribution in [1.29, 1.82) is 0 Å². The Kier molecular flexibility index (Phi) is 9.94. The molecule has 0 fully saturated rings. The molecule has 0 unspecified atom stereocenters. The summed E-state index contributed by atoms with van der Waals surface area (Å²) in [7, 11) is 0. The number of hydrogen-bond acceptors (Lipinski definition) is 2. The maximum Gasteiger partial charge on any atom is 0.395 e. The van der Waals surface area contributed by atoms with Gasteiger partial charge in [-0.15, -0.1) is 0 Å². The van der Waals surface area contributed by atoms with Crippen LogP contribution in [0, 0.1) is 23.7 Å². The molecule has 0 aromatic heterocycles. The summed E-state index contributed by atoms with van der Waals surface area (Å²) in [5.41, 5.74) is 0. The summed E-state index contributed by atoms with van der Waals surface area (Å²) in [5.74, 6) is -14.9. The molecule has 0 saturated carbocycles. The van der Waals surface area contributed by atoms with Crippen molar-refractivity contribution in [3.05, 3.63) is 0 Å². The topological polar surface area (TPSA) is 40.6 Å². The minimum Gasteiger partial charge on any atom is -0.337 e. The molecule has 0 heterocycles. The van der Waals surface area contributed by atoms with E-state index in [9.17, 15) is 27.2 Å². The highest BCUT2D eigenvalue weighted by molar-refractivity contribution is 5.95. The lowest BCUT2D eigenvalue weighted by Crippen LogP contribution is -2.62. The fraction of sp³-hybridized carbons (Fsp3) is 0.900. The highest BCUT2D eigenvalue weighted by Gasteiger charge is 2.68. The van der Waals surface area contributed by atoms with Crippen LogP contribution in [-0.2, 0) is 9.59 Å². The van der Waals surface area contributed by atoms with E-state index >= 15 is 0 Å². The molecule has 0 aromatic carbocycles. The van der Waals surface area contributed by atoms with Crippen molar-refractivity contribution in [3.63, 3.8) is 0 Å². The molecule has 0 bridgehead atoms. The van der Waals surface area contributed by atoms with E-state index in [1.54, 1.807) is 55.4 Å². The van der Waals surface area contributed by atoms with E-state index < -0.39 is 23.7 Å². The van der Waals surface area contributed by atoms with Crippen molar-refractivity contribution in [3.8, 4) is 0 Å². The summed E-state index contributed by atoms with van der Waals surface area (Å²) in [6, 6.07) is 0. The lowest BCUT2D eigenvalue weighted by atomic mass is 10.0. The van der Waals surface area contributed by atoms with Crippen molar-refractivity contribution in [2.45, 2.75) is 67.2 Å². The van der Waals surface area contributed by atoms with Gasteiger partial charge in [-0.25, -0.2) is 0 Å². The second-order valence-corrected chi connectivity index (χ2v) is 9.14. The van der Waals surface area contributed by atoms with E-state index in [4.69, 9.17) is 0 Å². The lowest BCUT2D eigenvalue weighted by molar-refractivity contribution is -0.224.